The van der Waals surface area contributed by atoms with Gasteiger partial charge >= 0.3 is 12.0 Å². The topological polar surface area (TPSA) is 98.7 Å². The van der Waals surface area contributed by atoms with Crippen molar-refractivity contribution in [3.8, 4) is 11.1 Å². The summed E-state index contributed by atoms with van der Waals surface area (Å²) in [6, 6.07) is 16.8. The number of hydrogen-bond acceptors (Lipinski definition) is 3. The van der Waals surface area contributed by atoms with Crippen molar-refractivity contribution in [3.05, 3.63) is 83.7 Å². The van der Waals surface area contributed by atoms with Crippen molar-refractivity contribution >= 4 is 29.3 Å². The number of carbonyl (C=O) groups is 3. The highest BCUT2D eigenvalue weighted by molar-refractivity contribution is 6.02. The van der Waals surface area contributed by atoms with Gasteiger partial charge in [0.25, 0.3) is 5.91 Å². The fraction of sp³-hybridized carbons (Fsp3) is 0.192. The molecule has 0 aliphatic carbocycles. The van der Waals surface area contributed by atoms with Crippen LogP contribution in [0.4, 0.5) is 20.6 Å². The number of aliphatic carboxylic acids is 1. The lowest BCUT2D eigenvalue weighted by Gasteiger charge is -2.27. The van der Waals surface area contributed by atoms with Gasteiger partial charge in [0.15, 0.2) is 0 Å². The molecule has 1 atom stereocenters. The average molecular weight is 461 g/mol. The Bertz CT molecular complexity index is 1260. The summed E-state index contributed by atoms with van der Waals surface area (Å²) in [5, 5.41) is 14.8. The van der Waals surface area contributed by atoms with Gasteiger partial charge in [-0.15, -0.1) is 0 Å². The first-order valence-corrected chi connectivity index (χ1v) is 10.8. The van der Waals surface area contributed by atoms with Crippen molar-refractivity contribution in [2.24, 2.45) is 5.92 Å². The summed E-state index contributed by atoms with van der Waals surface area (Å²) in [6.45, 7) is 3.84. The third-order valence-electron chi connectivity index (χ3n) is 5.72. The molecule has 3 amide bonds. The van der Waals surface area contributed by atoms with Gasteiger partial charge in [0.05, 0.1) is 0 Å². The van der Waals surface area contributed by atoms with Crippen LogP contribution in [-0.4, -0.2) is 34.0 Å². The minimum atomic E-state index is -1.01. The van der Waals surface area contributed by atoms with E-state index in [0.29, 0.717) is 16.9 Å². The molecule has 0 bridgehead atoms. The largest absolute Gasteiger partial charge is 0.480 e. The van der Waals surface area contributed by atoms with E-state index in [0.717, 1.165) is 16.7 Å². The van der Waals surface area contributed by atoms with Crippen LogP contribution in [0.25, 0.3) is 11.1 Å². The van der Waals surface area contributed by atoms with E-state index in [-0.39, 0.29) is 18.4 Å². The minimum absolute atomic E-state index is 0.214. The number of halogens is 1. The molecule has 0 saturated heterocycles. The van der Waals surface area contributed by atoms with E-state index < -0.39 is 23.9 Å². The second-order valence-electron chi connectivity index (χ2n) is 8.50. The monoisotopic (exact) mass is 461 g/mol. The van der Waals surface area contributed by atoms with E-state index in [4.69, 9.17) is 0 Å². The Balaban J connectivity index is 1.47. The second-order valence-corrected chi connectivity index (χ2v) is 8.50. The van der Waals surface area contributed by atoms with Gasteiger partial charge in [0.2, 0.25) is 0 Å². The van der Waals surface area contributed by atoms with Crippen LogP contribution in [0.5, 0.6) is 0 Å². The Labute approximate surface area is 196 Å². The van der Waals surface area contributed by atoms with Gasteiger partial charge in [-0.05, 0) is 59.0 Å². The molecule has 4 rings (SSSR count). The van der Waals surface area contributed by atoms with E-state index in [1.54, 1.807) is 38.1 Å². The third-order valence-corrected chi connectivity index (χ3v) is 5.72. The smallest absolute Gasteiger partial charge is 0.326 e. The fourth-order valence-electron chi connectivity index (χ4n) is 4.11. The molecule has 1 aliphatic heterocycles. The molecule has 3 aromatic carbocycles. The molecule has 3 aromatic rings. The first-order valence-electron chi connectivity index (χ1n) is 10.8. The highest BCUT2D eigenvalue weighted by Crippen LogP contribution is 2.31. The van der Waals surface area contributed by atoms with Gasteiger partial charge < -0.3 is 20.6 Å². The van der Waals surface area contributed by atoms with Crippen LogP contribution in [0.2, 0.25) is 0 Å². The predicted molar refractivity (Wildman–Crippen MR) is 127 cm³/mol. The van der Waals surface area contributed by atoms with Crippen LogP contribution in [0, 0.1) is 11.7 Å². The summed E-state index contributed by atoms with van der Waals surface area (Å²) in [7, 11) is 0. The second kappa shape index (κ2) is 9.35. The van der Waals surface area contributed by atoms with E-state index in [1.165, 1.54) is 23.1 Å². The minimum Gasteiger partial charge on any atom is -0.480 e. The lowest BCUT2D eigenvalue weighted by atomic mass is 10.00. The number of fused-ring (bicyclic) bond motifs is 1. The zero-order chi connectivity index (χ0) is 24.4. The molecule has 1 unspecified atom stereocenters. The molecule has 0 aromatic heterocycles. The quantitative estimate of drug-likeness (QED) is 0.470. The number of carboxylic acid groups (broad SMARTS) is 1. The average Bonchev–Trinajstić information content (AvgIpc) is 3.09. The van der Waals surface area contributed by atoms with Crippen molar-refractivity contribution in [2.75, 3.05) is 10.6 Å². The van der Waals surface area contributed by atoms with Crippen molar-refractivity contribution in [1.82, 2.24) is 4.90 Å². The zero-order valence-corrected chi connectivity index (χ0v) is 18.7. The maximum absolute atomic E-state index is 13.3. The van der Waals surface area contributed by atoms with Crippen LogP contribution < -0.4 is 10.6 Å². The van der Waals surface area contributed by atoms with Gasteiger partial charge in [0.1, 0.15) is 11.9 Å². The maximum atomic E-state index is 13.3. The number of rotatable bonds is 6. The molecule has 0 saturated carbocycles. The summed E-state index contributed by atoms with van der Waals surface area (Å²) in [4.78, 5) is 38.2. The molecule has 174 valence electrons. The molecule has 0 fully saturated rings. The van der Waals surface area contributed by atoms with E-state index >= 15 is 0 Å². The molecule has 8 heteroatoms. The molecule has 1 heterocycles. The van der Waals surface area contributed by atoms with Gasteiger partial charge in [-0.1, -0.05) is 44.2 Å². The van der Waals surface area contributed by atoms with Gasteiger partial charge in [-0.25, -0.2) is 14.0 Å². The van der Waals surface area contributed by atoms with Crippen molar-refractivity contribution in [2.45, 2.75) is 26.4 Å². The van der Waals surface area contributed by atoms with Crippen molar-refractivity contribution < 1.29 is 23.9 Å². The van der Waals surface area contributed by atoms with Crippen LogP contribution in [0.15, 0.2) is 66.7 Å². The molecular weight excluding hydrogens is 437 g/mol. The third kappa shape index (κ3) is 4.76. The Hall–Kier alpha value is -4.20. The maximum Gasteiger partial charge on any atom is 0.326 e. The van der Waals surface area contributed by atoms with Crippen LogP contribution in [0.3, 0.4) is 0 Å². The summed E-state index contributed by atoms with van der Waals surface area (Å²) in [5.41, 5.74) is 3.83. The SMILES string of the molecule is CC(C)C(C(=O)O)N1Cc2ccc(-c3ccc(NC(=O)Nc4cccc(F)c4)cc3)cc2C1=O. The van der Waals surface area contributed by atoms with Gasteiger partial charge in [-0.3, -0.25) is 4.79 Å². The van der Waals surface area contributed by atoms with Gasteiger partial charge in [-0.2, -0.15) is 0 Å². The number of carbonyl (C=O) groups excluding carboxylic acids is 2. The molecular formula is C26H24FN3O4. The van der Waals surface area contributed by atoms with Crippen LogP contribution in [0.1, 0.15) is 29.8 Å². The standard InChI is InChI=1S/C26H24FN3O4/c1-15(2)23(25(32)33)30-14-18-7-6-17(12-22(18)24(30)31)16-8-10-20(11-9-16)28-26(34)29-21-5-3-4-19(27)13-21/h3-13,15,23H,14H2,1-2H3,(H,32,33)(H2,28,29,34). The Morgan fingerprint density at radius 1 is 0.941 bits per heavy atom. The predicted octanol–water partition coefficient (Wildman–Crippen LogP) is 5.20. The first kappa shape index (κ1) is 23.0. The molecule has 0 radical (unpaired) electrons. The summed E-state index contributed by atoms with van der Waals surface area (Å²) >= 11 is 0. The zero-order valence-electron chi connectivity index (χ0n) is 18.7. The molecule has 34 heavy (non-hydrogen) atoms. The summed E-state index contributed by atoms with van der Waals surface area (Å²) < 4.78 is 13.3. The molecule has 0 spiro atoms. The van der Waals surface area contributed by atoms with Gasteiger partial charge in [0, 0.05) is 23.5 Å². The number of amides is 3. The normalized spacial score (nSPS) is 13.5. The Morgan fingerprint density at radius 2 is 1.62 bits per heavy atom. The number of urea groups is 1. The number of carboxylic acids is 1. The summed E-state index contributed by atoms with van der Waals surface area (Å²) in [5.74, 6) is -1.96. The number of benzene rings is 3. The lowest BCUT2D eigenvalue weighted by Crippen LogP contribution is -2.44. The Morgan fingerprint density at radius 3 is 2.26 bits per heavy atom. The first-order chi connectivity index (χ1) is 16.2. The fourth-order valence-corrected chi connectivity index (χ4v) is 4.11. The van der Waals surface area contributed by atoms with Crippen LogP contribution in [-0.2, 0) is 11.3 Å². The highest BCUT2D eigenvalue weighted by atomic mass is 19.1. The Kier molecular flexibility index (Phi) is 6.32. The van der Waals surface area contributed by atoms with Crippen molar-refractivity contribution in [1.29, 1.82) is 0 Å². The molecule has 3 N–H and O–H groups in total. The number of nitrogens with zero attached hydrogens (tertiary/aromatic N) is 1. The number of anilines is 2. The summed E-state index contributed by atoms with van der Waals surface area (Å²) in [6.07, 6.45) is 0. The van der Waals surface area contributed by atoms with Crippen molar-refractivity contribution in [3.63, 3.8) is 0 Å². The highest BCUT2D eigenvalue weighted by Gasteiger charge is 2.38. The van der Waals surface area contributed by atoms with E-state index in [1.807, 2.05) is 24.3 Å². The lowest BCUT2D eigenvalue weighted by molar-refractivity contribution is -0.144. The molecule has 7 nitrogen and oxygen atoms in total. The number of nitrogens with one attached hydrogen (secondary N) is 2. The van der Waals surface area contributed by atoms with E-state index in [9.17, 15) is 23.9 Å². The van der Waals surface area contributed by atoms with E-state index in [2.05, 4.69) is 10.6 Å². The molecule has 1 aliphatic rings. The number of hydrogen-bond donors (Lipinski definition) is 3. The van der Waals surface area contributed by atoms with Crippen LogP contribution >= 0.6 is 0 Å².